The fourth-order valence-corrected chi connectivity index (χ4v) is 6.79. The van der Waals surface area contributed by atoms with Gasteiger partial charge in [0.2, 0.25) is 0 Å². The molecule has 2 amide bonds. The van der Waals surface area contributed by atoms with E-state index in [0.717, 1.165) is 63.6 Å². The number of likely N-dealkylation sites (tertiary alicyclic amines) is 1. The molecule has 50 heavy (non-hydrogen) atoms. The summed E-state index contributed by atoms with van der Waals surface area (Å²) in [5.41, 5.74) is 4.29. The minimum absolute atomic E-state index is 0.0696. The number of halogens is 1. The Labute approximate surface area is 298 Å². The summed E-state index contributed by atoms with van der Waals surface area (Å²) in [4.78, 5) is 45.8. The SMILES string of the molecule is CCCN(Cc1nc(-c2ccc(-c3ccc4c(ccc5[nH]c(C6CCC(C)N6C(=O)OC(C)(C)C)nc54)c3)cc2)c(Cl)[nH]1)C(=O)OC(C)(C)C. The molecule has 1 saturated heterocycles. The highest BCUT2D eigenvalue weighted by Gasteiger charge is 2.39. The Hall–Kier alpha value is -4.57. The molecule has 6 rings (SSSR count). The highest BCUT2D eigenvalue weighted by atomic mass is 35.5. The lowest BCUT2D eigenvalue weighted by Gasteiger charge is -2.30. The lowest BCUT2D eigenvalue weighted by molar-refractivity contribution is 0.0150. The maximum Gasteiger partial charge on any atom is 0.411 e. The second kappa shape index (κ2) is 13.6. The van der Waals surface area contributed by atoms with Gasteiger partial charge in [0.1, 0.15) is 33.7 Å². The number of amides is 2. The summed E-state index contributed by atoms with van der Waals surface area (Å²) in [7, 11) is 0. The van der Waals surface area contributed by atoms with Gasteiger partial charge in [-0.3, -0.25) is 4.90 Å². The van der Waals surface area contributed by atoms with Gasteiger partial charge in [-0.25, -0.2) is 19.6 Å². The number of aromatic nitrogens is 4. The summed E-state index contributed by atoms with van der Waals surface area (Å²) in [6.07, 6.45) is 1.82. The summed E-state index contributed by atoms with van der Waals surface area (Å²) < 4.78 is 11.3. The maximum absolute atomic E-state index is 13.1. The van der Waals surface area contributed by atoms with Crippen LogP contribution in [0.2, 0.25) is 5.15 Å². The molecule has 0 spiro atoms. The Morgan fingerprint density at radius 1 is 0.900 bits per heavy atom. The summed E-state index contributed by atoms with van der Waals surface area (Å²) in [6, 6.07) is 18.6. The van der Waals surface area contributed by atoms with Crippen molar-refractivity contribution in [1.82, 2.24) is 29.7 Å². The van der Waals surface area contributed by atoms with Crippen LogP contribution in [0.25, 0.3) is 44.2 Å². The van der Waals surface area contributed by atoms with E-state index in [-0.39, 0.29) is 30.8 Å². The first-order valence-corrected chi connectivity index (χ1v) is 17.7. The number of rotatable bonds is 7. The number of ether oxygens (including phenoxy) is 2. The largest absolute Gasteiger partial charge is 0.444 e. The van der Waals surface area contributed by atoms with Crippen molar-refractivity contribution in [2.45, 2.75) is 104 Å². The molecule has 3 aromatic carbocycles. The van der Waals surface area contributed by atoms with Gasteiger partial charge in [0.15, 0.2) is 0 Å². The summed E-state index contributed by atoms with van der Waals surface area (Å²) in [6.45, 7) is 16.1. The molecule has 2 N–H and O–H groups in total. The molecule has 11 heteroatoms. The van der Waals surface area contributed by atoms with Crippen LogP contribution in [0.3, 0.4) is 0 Å². The van der Waals surface area contributed by atoms with Crippen molar-refractivity contribution in [1.29, 1.82) is 0 Å². The Morgan fingerprint density at radius 3 is 2.26 bits per heavy atom. The molecule has 5 aromatic rings. The molecule has 0 bridgehead atoms. The topological polar surface area (TPSA) is 116 Å². The minimum Gasteiger partial charge on any atom is -0.444 e. The second-order valence-electron chi connectivity index (χ2n) is 15.2. The van der Waals surface area contributed by atoms with E-state index in [0.29, 0.717) is 23.2 Å². The minimum atomic E-state index is -0.586. The van der Waals surface area contributed by atoms with Crippen LogP contribution >= 0.6 is 11.6 Å². The van der Waals surface area contributed by atoms with Gasteiger partial charge >= 0.3 is 12.2 Å². The second-order valence-corrected chi connectivity index (χ2v) is 15.6. The predicted octanol–water partition coefficient (Wildman–Crippen LogP) is 10.0. The average molecular weight is 699 g/mol. The molecule has 2 aromatic heterocycles. The number of hydrogen-bond donors (Lipinski definition) is 2. The predicted molar refractivity (Wildman–Crippen MR) is 198 cm³/mol. The zero-order valence-electron chi connectivity index (χ0n) is 30.2. The zero-order valence-corrected chi connectivity index (χ0v) is 30.9. The van der Waals surface area contributed by atoms with Crippen LogP contribution < -0.4 is 0 Å². The Balaban J connectivity index is 1.21. The number of nitrogens with one attached hydrogen (secondary N) is 2. The molecule has 0 saturated carbocycles. The van der Waals surface area contributed by atoms with E-state index < -0.39 is 11.2 Å². The maximum atomic E-state index is 13.1. The van der Waals surface area contributed by atoms with Gasteiger partial charge < -0.3 is 24.3 Å². The van der Waals surface area contributed by atoms with Crippen LogP contribution in [-0.4, -0.2) is 65.7 Å². The Morgan fingerprint density at radius 2 is 1.58 bits per heavy atom. The fraction of sp³-hybridized carbons (Fsp3) is 0.436. The van der Waals surface area contributed by atoms with Crippen molar-refractivity contribution in [3.05, 3.63) is 71.4 Å². The number of fused-ring (bicyclic) bond motifs is 3. The van der Waals surface area contributed by atoms with E-state index >= 15 is 0 Å². The van der Waals surface area contributed by atoms with Gasteiger partial charge in [-0.1, -0.05) is 61.0 Å². The van der Waals surface area contributed by atoms with E-state index in [1.807, 2.05) is 65.5 Å². The highest BCUT2D eigenvalue weighted by Crippen LogP contribution is 2.38. The first-order chi connectivity index (χ1) is 23.6. The molecule has 2 unspecified atom stereocenters. The number of hydrogen-bond acceptors (Lipinski definition) is 6. The summed E-state index contributed by atoms with van der Waals surface area (Å²) in [5.74, 6) is 1.38. The Kier molecular flexibility index (Phi) is 9.61. The molecule has 1 aliphatic rings. The number of nitrogens with zero attached hydrogens (tertiary/aromatic N) is 4. The fourth-order valence-electron chi connectivity index (χ4n) is 6.53. The van der Waals surface area contributed by atoms with E-state index in [4.69, 9.17) is 31.0 Å². The Bertz CT molecular complexity index is 2020. The molecular weight excluding hydrogens is 652 g/mol. The van der Waals surface area contributed by atoms with E-state index in [1.165, 1.54) is 0 Å². The zero-order chi connectivity index (χ0) is 36.0. The third-order valence-electron chi connectivity index (χ3n) is 8.76. The molecule has 264 valence electrons. The molecule has 10 nitrogen and oxygen atoms in total. The number of aromatic amines is 2. The normalized spacial score (nSPS) is 16.7. The van der Waals surface area contributed by atoms with Crippen molar-refractivity contribution in [3.8, 4) is 22.4 Å². The smallest absolute Gasteiger partial charge is 0.411 e. The van der Waals surface area contributed by atoms with Crippen molar-refractivity contribution >= 4 is 45.6 Å². The van der Waals surface area contributed by atoms with Crippen LogP contribution in [-0.2, 0) is 16.0 Å². The number of H-pyrrole nitrogens is 2. The molecule has 0 aliphatic carbocycles. The van der Waals surface area contributed by atoms with Gasteiger partial charge in [0, 0.05) is 23.5 Å². The first kappa shape index (κ1) is 35.3. The van der Waals surface area contributed by atoms with Gasteiger partial charge in [0.25, 0.3) is 0 Å². The molecule has 1 fully saturated rings. The standard InChI is InChI=1S/C39H47ClN6O4/c1-9-20-45(36(47)49-38(3,4)5)22-31-42-32(34(40)43-31)25-13-11-24(12-14-25)26-15-17-28-27(21-26)16-18-29-33(28)44-35(41-29)30-19-10-23(2)46(30)37(48)50-39(6,7)8/h11-18,21,23,30H,9-10,19-20,22H2,1-8H3,(H,41,44)(H,42,43). The third-order valence-corrected chi connectivity index (χ3v) is 9.03. The quantitative estimate of drug-likeness (QED) is 0.175. The summed E-state index contributed by atoms with van der Waals surface area (Å²) >= 11 is 6.61. The van der Waals surface area contributed by atoms with Crippen molar-refractivity contribution in [2.24, 2.45) is 0 Å². The monoisotopic (exact) mass is 698 g/mol. The molecule has 1 aliphatic heterocycles. The highest BCUT2D eigenvalue weighted by molar-refractivity contribution is 6.31. The van der Waals surface area contributed by atoms with Crippen LogP contribution in [0.5, 0.6) is 0 Å². The van der Waals surface area contributed by atoms with Crippen LogP contribution in [0.15, 0.2) is 54.6 Å². The third kappa shape index (κ3) is 7.60. The molecular formula is C39H47ClN6O4. The van der Waals surface area contributed by atoms with Crippen LogP contribution in [0, 0.1) is 0 Å². The number of imidazole rings is 2. The van der Waals surface area contributed by atoms with Gasteiger partial charge in [0.05, 0.1) is 23.6 Å². The molecule has 3 heterocycles. The number of benzene rings is 3. The number of carbonyl (C=O) groups excluding carboxylic acids is 2. The molecule has 2 atom stereocenters. The van der Waals surface area contributed by atoms with Crippen molar-refractivity contribution in [3.63, 3.8) is 0 Å². The van der Waals surface area contributed by atoms with E-state index in [9.17, 15) is 9.59 Å². The average Bonchev–Trinajstić information content (AvgIpc) is 3.75. The van der Waals surface area contributed by atoms with Gasteiger partial charge in [-0.2, -0.15) is 0 Å². The van der Waals surface area contributed by atoms with Crippen molar-refractivity contribution in [2.75, 3.05) is 6.54 Å². The molecule has 0 radical (unpaired) electrons. The van der Waals surface area contributed by atoms with Gasteiger partial charge in [-0.15, -0.1) is 0 Å². The van der Waals surface area contributed by atoms with Gasteiger partial charge in [-0.05, 0) is 96.4 Å². The first-order valence-electron chi connectivity index (χ1n) is 17.4. The van der Waals surface area contributed by atoms with Crippen molar-refractivity contribution < 1.29 is 19.1 Å². The van der Waals surface area contributed by atoms with E-state index in [1.54, 1.807) is 4.90 Å². The van der Waals surface area contributed by atoms with Crippen LogP contribution in [0.1, 0.15) is 92.3 Å². The number of carbonyl (C=O) groups is 2. The lowest BCUT2D eigenvalue weighted by Crippen LogP contribution is -2.40. The van der Waals surface area contributed by atoms with E-state index in [2.05, 4.69) is 59.4 Å². The van der Waals surface area contributed by atoms with Crippen LogP contribution in [0.4, 0.5) is 9.59 Å². The summed E-state index contributed by atoms with van der Waals surface area (Å²) in [5, 5.41) is 2.53. The lowest BCUT2D eigenvalue weighted by atomic mass is 9.99.